The maximum Gasteiger partial charge on any atom is 0.335 e. The highest BCUT2D eigenvalue weighted by Crippen LogP contribution is 2.76. The van der Waals surface area contributed by atoms with E-state index >= 15 is 0 Å². The van der Waals surface area contributed by atoms with Crippen LogP contribution in [0.5, 0.6) is 0 Å². The third kappa shape index (κ3) is 9.41. The van der Waals surface area contributed by atoms with Gasteiger partial charge >= 0.3 is 5.97 Å². The van der Waals surface area contributed by atoms with E-state index in [-0.39, 0.29) is 36.4 Å². The molecule has 77 heavy (non-hydrogen) atoms. The molecule has 9 rings (SSSR count). The number of aliphatic carboxylic acids is 1. The molecular formula is C53H86O24. The highest BCUT2D eigenvalue weighted by molar-refractivity contribution is 5.73. The van der Waals surface area contributed by atoms with Gasteiger partial charge in [-0.3, -0.25) is 0 Å². The molecule has 4 saturated heterocycles. The minimum atomic E-state index is -2.12. The van der Waals surface area contributed by atoms with Gasteiger partial charge < -0.3 is 114 Å². The zero-order valence-electron chi connectivity index (χ0n) is 44.9. The molecule has 0 radical (unpaired) electrons. The van der Waals surface area contributed by atoms with Crippen molar-refractivity contribution in [2.24, 2.45) is 50.2 Å². The number of allylic oxidation sites excluding steroid dienone is 2. The van der Waals surface area contributed by atoms with Crippen molar-refractivity contribution in [3.8, 4) is 0 Å². The molecule has 15 N–H and O–H groups in total. The number of carboxylic acids is 1. The van der Waals surface area contributed by atoms with E-state index in [4.69, 9.17) is 37.9 Å². The van der Waals surface area contributed by atoms with Crippen molar-refractivity contribution in [3.63, 3.8) is 0 Å². The summed E-state index contributed by atoms with van der Waals surface area (Å²) in [6.45, 7) is 12.2. The number of ether oxygens (including phenoxy) is 8. The van der Waals surface area contributed by atoms with Gasteiger partial charge in [-0.2, -0.15) is 0 Å². The minimum absolute atomic E-state index is 0.0545. The maximum atomic E-state index is 12.6. The number of aliphatic hydroxyl groups is 14. The van der Waals surface area contributed by atoms with Crippen LogP contribution in [0.25, 0.3) is 0 Å². The van der Waals surface area contributed by atoms with Gasteiger partial charge in [-0.05, 0) is 92.3 Å². The fourth-order valence-electron chi connectivity index (χ4n) is 16.4. The first-order valence-corrected chi connectivity index (χ1v) is 27.5. The van der Waals surface area contributed by atoms with E-state index in [9.17, 15) is 81.4 Å². The molecule has 31 atom stereocenters. The van der Waals surface area contributed by atoms with Gasteiger partial charge in [-0.15, -0.1) is 0 Å². The summed E-state index contributed by atoms with van der Waals surface area (Å²) in [5, 5.41) is 164. The molecule has 0 spiro atoms. The van der Waals surface area contributed by atoms with E-state index in [0.717, 1.165) is 0 Å². The average molecular weight is 1110 g/mol. The van der Waals surface area contributed by atoms with E-state index in [1.165, 1.54) is 12.5 Å². The Morgan fingerprint density at radius 2 is 1.26 bits per heavy atom. The van der Waals surface area contributed by atoms with Crippen LogP contribution >= 0.6 is 0 Å². The summed E-state index contributed by atoms with van der Waals surface area (Å²) in [7, 11) is 0. The fraction of sp³-hybridized carbons (Fsp3) is 0.943. The van der Waals surface area contributed by atoms with Gasteiger partial charge in [-0.1, -0.05) is 53.2 Å². The van der Waals surface area contributed by atoms with Gasteiger partial charge in [0, 0.05) is 16.2 Å². The molecule has 0 unspecified atom stereocenters. The standard InChI is InChI=1S/C53H86O24/c1-21-29(58)32(61)37(66)45(71-21)75-39-33(62)31(60)25(17-54)72-46(39)76-40-35(64)34(63)38(43(68)69)74-47(40)73-28-11-12-50(4)26(51(28,5)20-56)10-13-53(7)27(50)9-8-22-23-16-48(2,19-55)41(67)42(49(23,3)14-15-52(22,53)6)77-44-36(65)30(59)24(57)18-70-44/h8,21,23-42,44-47,54-67H,9-20H2,1-7H3,(H,68,69)/t21-,23-,24-,25+,26+,27+,28-,29-,30-,31-,32+,33-,34-,35-,36+,37+,38-,39+,40+,41-,42+,44-,45-,46-,47+,48+,49+,50-,51+,52+,53+/m0/s1. The largest absolute Gasteiger partial charge is 0.479 e. The minimum Gasteiger partial charge on any atom is -0.479 e. The molecule has 442 valence electrons. The first-order valence-electron chi connectivity index (χ1n) is 27.5. The molecule has 0 bridgehead atoms. The zero-order chi connectivity index (χ0) is 56.4. The molecule has 4 heterocycles. The molecule has 8 fully saturated rings. The van der Waals surface area contributed by atoms with Gasteiger partial charge in [0.25, 0.3) is 0 Å². The van der Waals surface area contributed by atoms with Crippen LogP contribution in [-0.4, -0.2) is 244 Å². The number of fused-ring (bicyclic) bond motifs is 7. The lowest BCUT2D eigenvalue weighted by atomic mass is 9.33. The van der Waals surface area contributed by atoms with Gasteiger partial charge in [0.05, 0.1) is 50.8 Å². The SMILES string of the molecule is C[C@@H]1O[C@@H](O[C@H]2[C@H](O[C@H]3[C@H](O[C@H]4CC[C@@]5(C)[C@@H](CC[C@]6(C)[C@@H]5CC=C5[C@@H]7C[C@](C)(CO)[C@@H](O)[C@@H](O[C@@H]8OC[C@H](O)[C@H](O)[C@H]8O)[C@]7(C)CC[C@]56C)[C@@]4(C)CO)O[C@H](C(=O)O)[C@@H](O)[C@@H]3O)O[C@H](CO)[C@H](O)[C@@H]2O)[C@H](O)[C@H](O)[C@H]1O. The summed E-state index contributed by atoms with van der Waals surface area (Å²) in [6.07, 6.45) is -28.9. The number of hydrogen-bond acceptors (Lipinski definition) is 23. The Morgan fingerprint density at radius 1 is 0.623 bits per heavy atom. The van der Waals surface area contributed by atoms with Crippen molar-refractivity contribution < 1.29 is 119 Å². The third-order valence-electron chi connectivity index (χ3n) is 21.7. The fourth-order valence-corrected chi connectivity index (χ4v) is 16.4. The second-order valence-electron chi connectivity index (χ2n) is 25.8. The van der Waals surface area contributed by atoms with Crippen molar-refractivity contribution in [1.29, 1.82) is 0 Å². The first-order chi connectivity index (χ1) is 36.0. The van der Waals surface area contributed by atoms with E-state index < -0.39 is 181 Å². The number of aliphatic hydroxyl groups excluding tert-OH is 14. The lowest BCUT2D eigenvalue weighted by molar-refractivity contribution is -0.396. The zero-order valence-corrected chi connectivity index (χ0v) is 44.9. The predicted molar refractivity (Wildman–Crippen MR) is 260 cm³/mol. The Hall–Kier alpha value is -1.67. The number of rotatable bonds is 12. The number of carbonyl (C=O) groups is 1. The maximum absolute atomic E-state index is 12.6. The van der Waals surface area contributed by atoms with Gasteiger partial charge in [0.1, 0.15) is 79.4 Å². The highest BCUT2D eigenvalue weighted by atomic mass is 16.8. The third-order valence-corrected chi connectivity index (χ3v) is 21.7. The summed E-state index contributed by atoms with van der Waals surface area (Å²) in [6, 6.07) is 0. The Morgan fingerprint density at radius 3 is 1.90 bits per heavy atom. The monoisotopic (exact) mass is 1110 g/mol. The predicted octanol–water partition coefficient (Wildman–Crippen LogP) is -2.89. The van der Waals surface area contributed by atoms with E-state index in [2.05, 4.69) is 33.8 Å². The van der Waals surface area contributed by atoms with Crippen LogP contribution in [0.4, 0.5) is 0 Å². The van der Waals surface area contributed by atoms with E-state index in [1.54, 1.807) is 0 Å². The van der Waals surface area contributed by atoms with E-state index in [0.29, 0.717) is 51.4 Å². The van der Waals surface area contributed by atoms with Crippen LogP contribution in [0.3, 0.4) is 0 Å². The molecular weight excluding hydrogens is 1020 g/mol. The molecule has 4 saturated carbocycles. The van der Waals surface area contributed by atoms with Crippen molar-refractivity contribution in [1.82, 2.24) is 0 Å². The van der Waals surface area contributed by atoms with E-state index in [1.807, 2.05) is 13.8 Å². The lowest BCUT2D eigenvalue weighted by Gasteiger charge is -2.72. The molecule has 5 aliphatic carbocycles. The number of carboxylic acid groups (broad SMARTS) is 1. The van der Waals surface area contributed by atoms with Crippen LogP contribution < -0.4 is 0 Å². The van der Waals surface area contributed by atoms with Crippen LogP contribution in [0.2, 0.25) is 0 Å². The van der Waals surface area contributed by atoms with Gasteiger partial charge in [0.2, 0.25) is 0 Å². The molecule has 4 aliphatic heterocycles. The smallest absolute Gasteiger partial charge is 0.335 e. The summed E-state index contributed by atoms with van der Waals surface area (Å²) >= 11 is 0. The van der Waals surface area contributed by atoms with Gasteiger partial charge in [0.15, 0.2) is 31.3 Å². The molecule has 0 amide bonds. The highest BCUT2D eigenvalue weighted by Gasteiger charge is 2.71. The van der Waals surface area contributed by atoms with Crippen LogP contribution in [0.15, 0.2) is 11.6 Å². The quantitative estimate of drug-likeness (QED) is 0.0689. The average Bonchev–Trinajstić information content (AvgIpc) is 3.54. The molecule has 0 aromatic heterocycles. The van der Waals surface area contributed by atoms with Crippen molar-refractivity contribution in [3.05, 3.63) is 11.6 Å². The first kappa shape index (κ1) is 59.9. The molecule has 0 aromatic carbocycles. The van der Waals surface area contributed by atoms with Crippen LogP contribution in [0.1, 0.15) is 99.8 Å². The Bertz CT molecular complexity index is 2140. The van der Waals surface area contributed by atoms with Crippen LogP contribution in [-0.2, 0) is 42.7 Å². The van der Waals surface area contributed by atoms with Crippen LogP contribution in [0, 0.1) is 50.2 Å². The Balaban J connectivity index is 0.990. The molecule has 0 aromatic rings. The number of hydrogen-bond donors (Lipinski definition) is 15. The summed E-state index contributed by atoms with van der Waals surface area (Å²) in [5.41, 5.74) is -2.72. The summed E-state index contributed by atoms with van der Waals surface area (Å²) in [4.78, 5) is 12.6. The molecule has 24 heteroatoms. The molecule has 24 nitrogen and oxygen atoms in total. The lowest BCUT2D eigenvalue weighted by Crippen LogP contribution is -2.69. The second-order valence-corrected chi connectivity index (χ2v) is 25.8. The summed E-state index contributed by atoms with van der Waals surface area (Å²) < 4.78 is 48.4. The topological polar surface area (TPSA) is 394 Å². The summed E-state index contributed by atoms with van der Waals surface area (Å²) in [5.74, 6) is -1.99. The Labute approximate surface area is 447 Å². The van der Waals surface area contributed by atoms with Crippen molar-refractivity contribution in [2.75, 3.05) is 26.4 Å². The van der Waals surface area contributed by atoms with Gasteiger partial charge in [-0.25, -0.2) is 4.79 Å². The van der Waals surface area contributed by atoms with Crippen molar-refractivity contribution >= 4 is 5.97 Å². The molecule has 9 aliphatic rings. The van der Waals surface area contributed by atoms with Crippen molar-refractivity contribution in [2.45, 2.75) is 235 Å². The Kier molecular flexibility index (Phi) is 16.7. The normalized spacial score (nSPS) is 56.9. The second kappa shape index (κ2) is 21.5.